The second kappa shape index (κ2) is 16.9. The van der Waals surface area contributed by atoms with Crippen LogP contribution in [-0.4, -0.2) is 90.7 Å². The molecule has 2 heterocycles. The highest BCUT2D eigenvalue weighted by Gasteiger charge is 2.18. The Morgan fingerprint density at radius 2 is 1.45 bits per heavy atom. The van der Waals surface area contributed by atoms with Crippen LogP contribution >= 0.6 is 11.8 Å². The zero-order chi connectivity index (χ0) is 28.6. The molecule has 2 aromatic heterocycles. The van der Waals surface area contributed by atoms with Crippen LogP contribution in [0.3, 0.4) is 0 Å². The van der Waals surface area contributed by atoms with Gasteiger partial charge in [0.15, 0.2) is 5.16 Å². The van der Waals surface area contributed by atoms with Gasteiger partial charge in [0, 0.05) is 36.4 Å². The topological polar surface area (TPSA) is 123 Å². The van der Waals surface area contributed by atoms with Gasteiger partial charge in [-0.2, -0.15) is 0 Å². The van der Waals surface area contributed by atoms with Gasteiger partial charge in [-0.25, -0.2) is 14.8 Å². The standard InChI is InChI=1S/C28H38N4O7S/c1-28(2,3)39-27(34)31-11-13-35-15-17-37-19-20-38-18-16-36-14-12-32-23-8-5-4-7-22(23)21-24(32)25(33)40-26-29-9-6-10-30-26/h4-10,21H,11-20H2,1-3H3,(H,31,34). The molecule has 3 rings (SSSR count). The van der Waals surface area contributed by atoms with E-state index in [9.17, 15) is 9.59 Å². The average molecular weight is 575 g/mol. The number of ether oxygens (including phenoxy) is 5. The van der Waals surface area contributed by atoms with Crippen LogP contribution in [-0.2, 0) is 30.2 Å². The van der Waals surface area contributed by atoms with Crippen molar-refractivity contribution in [3.8, 4) is 0 Å². The van der Waals surface area contributed by atoms with Crippen LogP contribution in [0.4, 0.5) is 4.79 Å². The van der Waals surface area contributed by atoms with Crippen molar-refractivity contribution in [3.63, 3.8) is 0 Å². The number of amides is 1. The molecule has 40 heavy (non-hydrogen) atoms. The van der Waals surface area contributed by atoms with E-state index in [1.54, 1.807) is 18.5 Å². The number of benzene rings is 1. The number of nitrogens with one attached hydrogen (secondary N) is 1. The summed E-state index contributed by atoms with van der Waals surface area (Å²) >= 11 is 1.01. The minimum Gasteiger partial charge on any atom is -0.444 e. The van der Waals surface area contributed by atoms with E-state index in [1.807, 2.05) is 55.7 Å². The van der Waals surface area contributed by atoms with E-state index in [0.717, 1.165) is 22.7 Å². The van der Waals surface area contributed by atoms with E-state index in [1.165, 1.54) is 0 Å². The fraction of sp³-hybridized carbons (Fsp3) is 0.500. The number of para-hydroxylation sites is 1. The van der Waals surface area contributed by atoms with Gasteiger partial charge in [-0.1, -0.05) is 18.2 Å². The fourth-order valence-electron chi connectivity index (χ4n) is 3.55. The molecule has 11 nitrogen and oxygen atoms in total. The van der Waals surface area contributed by atoms with E-state index in [4.69, 9.17) is 23.7 Å². The number of hydrogen-bond acceptors (Lipinski definition) is 10. The van der Waals surface area contributed by atoms with E-state index >= 15 is 0 Å². The first-order valence-electron chi connectivity index (χ1n) is 13.2. The molecule has 0 unspecified atom stereocenters. The van der Waals surface area contributed by atoms with Gasteiger partial charge in [-0.05, 0) is 50.7 Å². The van der Waals surface area contributed by atoms with Crippen molar-refractivity contribution in [2.24, 2.45) is 0 Å². The van der Waals surface area contributed by atoms with Gasteiger partial charge < -0.3 is 33.6 Å². The number of rotatable bonds is 17. The Morgan fingerprint density at radius 1 is 0.850 bits per heavy atom. The number of thioether (sulfide) groups is 1. The molecule has 0 bridgehead atoms. The van der Waals surface area contributed by atoms with Crippen molar-refractivity contribution in [1.82, 2.24) is 19.9 Å². The van der Waals surface area contributed by atoms with Crippen molar-refractivity contribution in [3.05, 3.63) is 54.5 Å². The summed E-state index contributed by atoms with van der Waals surface area (Å²) in [6.07, 6.45) is 2.78. The second-order valence-corrected chi connectivity index (χ2v) is 10.5. The zero-order valence-electron chi connectivity index (χ0n) is 23.3. The Balaban J connectivity index is 1.24. The summed E-state index contributed by atoms with van der Waals surface area (Å²) in [6, 6.07) is 11.5. The van der Waals surface area contributed by atoms with Crippen molar-refractivity contribution in [1.29, 1.82) is 0 Å². The van der Waals surface area contributed by atoms with Gasteiger partial charge in [0.25, 0.3) is 0 Å². The number of carbonyl (C=O) groups is 2. The first-order chi connectivity index (χ1) is 19.3. The van der Waals surface area contributed by atoms with Crippen LogP contribution in [0.2, 0.25) is 0 Å². The third-order valence-electron chi connectivity index (χ3n) is 5.24. The van der Waals surface area contributed by atoms with E-state index < -0.39 is 11.7 Å². The highest BCUT2D eigenvalue weighted by molar-refractivity contribution is 8.14. The van der Waals surface area contributed by atoms with Crippen LogP contribution in [0.5, 0.6) is 0 Å². The Hall–Kier alpha value is -3.03. The normalized spacial score (nSPS) is 11.6. The molecular formula is C28H38N4O7S. The van der Waals surface area contributed by atoms with Crippen molar-refractivity contribution in [2.75, 3.05) is 59.4 Å². The molecule has 12 heteroatoms. The molecule has 0 spiro atoms. The van der Waals surface area contributed by atoms with Crippen LogP contribution in [0.1, 0.15) is 31.3 Å². The number of nitrogens with zero attached hydrogens (tertiary/aromatic N) is 3. The summed E-state index contributed by atoms with van der Waals surface area (Å²) < 4.78 is 29.3. The highest BCUT2D eigenvalue weighted by atomic mass is 32.2. The quantitative estimate of drug-likeness (QED) is 0.144. The molecule has 0 aliphatic rings. The van der Waals surface area contributed by atoms with E-state index in [-0.39, 0.29) is 5.12 Å². The van der Waals surface area contributed by atoms with Gasteiger partial charge in [0.2, 0.25) is 5.12 Å². The van der Waals surface area contributed by atoms with Gasteiger partial charge in [-0.3, -0.25) is 4.79 Å². The van der Waals surface area contributed by atoms with Crippen LogP contribution in [0, 0.1) is 0 Å². The number of alkyl carbamates (subject to hydrolysis) is 1. The summed E-state index contributed by atoms with van der Waals surface area (Å²) in [7, 11) is 0. The largest absolute Gasteiger partial charge is 0.444 e. The third kappa shape index (κ3) is 11.6. The van der Waals surface area contributed by atoms with Crippen molar-refractivity contribution < 1.29 is 33.3 Å². The molecule has 1 aromatic carbocycles. The maximum atomic E-state index is 13.0. The number of fused-ring (bicyclic) bond motifs is 1. The van der Waals surface area contributed by atoms with Crippen molar-refractivity contribution >= 4 is 33.9 Å². The Kier molecular flexibility index (Phi) is 13.3. The lowest BCUT2D eigenvalue weighted by Crippen LogP contribution is -2.34. The van der Waals surface area contributed by atoms with Gasteiger partial charge in [0.1, 0.15) is 5.60 Å². The summed E-state index contributed by atoms with van der Waals surface area (Å²) in [5, 5.41) is 3.92. The van der Waals surface area contributed by atoms with Crippen LogP contribution in [0.25, 0.3) is 10.9 Å². The highest BCUT2D eigenvalue weighted by Crippen LogP contribution is 2.25. The van der Waals surface area contributed by atoms with E-state index in [2.05, 4.69) is 15.3 Å². The first-order valence-corrected chi connectivity index (χ1v) is 14.0. The SMILES string of the molecule is CC(C)(C)OC(=O)NCCOCCOCCOCCOCCn1c(C(=O)Sc2ncccn2)cc2ccccc21. The van der Waals surface area contributed by atoms with E-state index in [0.29, 0.717) is 76.8 Å². The monoisotopic (exact) mass is 574 g/mol. The Bertz CT molecular complexity index is 1180. The number of carbonyl (C=O) groups excluding carboxylic acids is 2. The molecule has 218 valence electrons. The fourth-order valence-corrected chi connectivity index (χ4v) is 4.22. The lowest BCUT2D eigenvalue weighted by atomic mass is 10.2. The minimum absolute atomic E-state index is 0.117. The lowest BCUT2D eigenvalue weighted by Gasteiger charge is -2.19. The molecule has 0 radical (unpaired) electrons. The van der Waals surface area contributed by atoms with Crippen molar-refractivity contribution in [2.45, 2.75) is 38.1 Å². The van der Waals surface area contributed by atoms with Crippen LogP contribution in [0.15, 0.2) is 53.9 Å². The molecule has 0 aliphatic heterocycles. The first kappa shape index (κ1) is 31.5. The number of hydrogen-bond donors (Lipinski definition) is 1. The summed E-state index contributed by atoms with van der Waals surface area (Å²) in [6.45, 7) is 9.79. The second-order valence-electron chi connectivity index (χ2n) is 9.54. The van der Waals surface area contributed by atoms with Gasteiger partial charge >= 0.3 is 6.09 Å². The maximum Gasteiger partial charge on any atom is 0.407 e. The molecular weight excluding hydrogens is 536 g/mol. The third-order valence-corrected chi connectivity index (χ3v) is 6.02. The molecule has 3 aromatic rings. The molecule has 1 amide bonds. The van der Waals surface area contributed by atoms with Gasteiger partial charge in [-0.15, -0.1) is 0 Å². The molecule has 0 saturated carbocycles. The molecule has 0 saturated heterocycles. The molecule has 0 atom stereocenters. The minimum atomic E-state index is -0.519. The lowest BCUT2D eigenvalue weighted by molar-refractivity contribution is -0.00248. The molecule has 0 aliphatic carbocycles. The smallest absolute Gasteiger partial charge is 0.407 e. The Morgan fingerprint density at radius 3 is 2.10 bits per heavy atom. The number of aromatic nitrogens is 3. The van der Waals surface area contributed by atoms with Crippen LogP contribution < -0.4 is 5.32 Å². The maximum absolute atomic E-state index is 13.0. The molecule has 0 fully saturated rings. The summed E-state index contributed by atoms with van der Waals surface area (Å²) in [5.41, 5.74) is 1.04. The van der Waals surface area contributed by atoms with Gasteiger partial charge in [0.05, 0.1) is 58.5 Å². The summed E-state index contributed by atoms with van der Waals surface area (Å²) in [4.78, 5) is 32.8. The summed E-state index contributed by atoms with van der Waals surface area (Å²) in [5.74, 6) is 0. The molecule has 1 N–H and O–H groups in total. The Labute approximate surface area is 238 Å². The predicted molar refractivity (Wildman–Crippen MR) is 152 cm³/mol. The zero-order valence-corrected chi connectivity index (χ0v) is 24.1. The predicted octanol–water partition coefficient (Wildman–Crippen LogP) is 3.95. The average Bonchev–Trinajstić information content (AvgIpc) is 3.29.